The molecule has 0 amide bonds. The summed E-state index contributed by atoms with van der Waals surface area (Å²) in [5.74, 6) is 1.14. The van der Waals surface area contributed by atoms with Crippen molar-refractivity contribution in [3.8, 4) is 22.3 Å². The van der Waals surface area contributed by atoms with Crippen LogP contribution in [-0.2, 0) is 0 Å². The summed E-state index contributed by atoms with van der Waals surface area (Å²) in [6.07, 6.45) is 10.2. The van der Waals surface area contributed by atoms with Crippen molar-refractivity contribution in [2.45, 2.75) is 77.0 Å². The Balaban J connectivity index is 0.927. The van der Waals surface area contributed by atoms with Crippen LogP contribution in [0, 0.1) is 13.8 Å². The molecule has 82 heavy (non-hydrogen) atoms. The SMILES string of the molecule is Cc1ccc(N(c2cc(C3CCCC3)ccc2-c2ccccc2)c2ccc3c4cc5c(cc4n4c6ccccc6c2c34)c2ccc(N(c3ccc(C)cc3)c3cc(C4CCCC4)ccc3-c3ccccc3)c3c4ccccc4n5c23)cc1. The normalized spacial score (nSPS) is 14.5. The van der Waals surface area contributed by atoms with Crippen molar-refractivity contribution in [1.29, 1.82) is 0 Å². The van der Waals surface area contributed by atoms with Gasteiger partial charge in [-0.2, -0.15) is 0 Å². The lowest BCUT2D eigenvalue weighted by molar-refractivity contribution is 0.723. The highest BCUT2D eigenvalue weighted by molar-refractivity contribution is 6.32. The third-order valence-electron chi connectivity index (χ3n) is 19.2. The van der Waals surface area contributed by atoms with Crippen molar-refractivity contribution >= 4 is 110 Å². The van der Waals surface area contributed by atoms with Crippen LogP contribution in [0.1, 0.15) is 85.5 Å². The predicted octanol–water partition coefficient (Wildman–Crippen LogP) is 22.2. The molecule has 0 saturated heterocycles. The molecule has 0 spiro atoms. The number of benzene rings is 11. The first kappa shape index (κ1) is 47.4. The maximum Gasteiger partial charge on any atom is 0.0641 e. The topological polar surface area (TPSA) is 15.3 Å². The second kappa shape index (κ2) is 18.6. The van der Waals surface area contributed by atoms with Gasteiger partial charge in [-0.1, -0.05) is 195 Å². The quantitative estimate of drug-likeness (QED) is 0.136. The van der Waals surface area contributed by atoms with Crippen molar-refractivity contribution in [2.24, 2.45) is 0 Å². The molecule has 2 saturated carbocycles. The molecule has 15 aromatic rings. The summed E-state index contributed by atoms with van der Waals surface area (Å²) in [6.45, 7) is 4.39. The van der Waals surface area contributed by atoms with Crippen LogP contribution in [0.15, 0.2) is 231 Å². The van der Waals surface area contributed by atoms with E-state index in [2.05, 4.69) is 263 Å². The van der Waals surface area contributed by atoms with Gasteiger partial charge >= 0.3 is 0 Å². The van der Waals surface area contributed by atoms with Gasteiger partial charge in [0.2, 0.25) is 0 Å². The Morgan fingerprint density at radius 1 is 0.317 bits per heavy atom. The maximum absolute atomic E-state index is 2.60. The van der Waals surface area contributed by atoms with Crippen molar-refractivity contribution < 1.29 is 0 Å². The first-order chi connectivity index (χ1) is 40.5. The highest BCUT2D eigenvalue weighted by Gasteiger charge is 2.31. The Hall–Kier alpha value is -9.38. The minimum Gasteiger partial charge on any atom is -0.309 e. The molecule has 0 atom stereocenters. The van der Waals surface area contributed by atoms with Crippen molar-refractivity contribution in [2.75, 3.05) is 9.80 Å². The molecule has 4 nitrogen and oxygen atoms in total. The van der Waals surface area contributed by atoms with Crippen LogP contribution >= 0.6 is 0 Å². The van der Waals surface area contributed by atoms with E-state index in [1.54, 1.807) is 0 Å². The van der Waals surface area contributed by atoms with Crippen molar-refractivity contribution in [3.05, 3.63) is 253 Å². The van der Waals surface area contributed by atoms with E-state index in [1.165, 1.54) is 195 Å². The van der Waals surface area contributed by atoms with Crippen LogP contribution in [-0.4, -0.2) is 8.80 Å². The van der Waals surface area contributed by atoms with Gasteiger partial charge in [0.05, 0.1) is 55.8 Å². The number of anilines is 6. The van der Waals surface area contributed by atoms with E-state index < -0.39 is 0 Å². The largest absolute Gasteiger partial charge is 0.309 e. The molecule has 0 unspecified atom stereocenters. The van der Waals surface area contributed by atoms with Crippen LogP contribution < -0.4 is 9.80 Å². The van der Waals surface area contributed by atoms with Crippen LogP contribution in [0.3, 0.4) is 0 Å². The number of hydrogen-bond donors (Lipinski definition) is 0. The number of para-hydroxylation sites is 2. The minimum absolute atomic E-state index is 0.569. The van der Waals surface area contributed by atoms with Gasteiger partial charge in [-0.25, -0.2) is 0 Å². The summed E-state index contributed by atoms with van der Waals surface area (Å²) in [7, 11) is 0. The van der Waals surface area contributed by atoms with E-state index in [4.69, 9.17) is 0 Å². The number of hydrogen-bond acceptors (Lipinski definition) is 2. The number of rotatable bonds is 10. The maximum atomic E-state index is 2.60. The monoisotopic (exact) mass is 1050 g/mol. The molecule has 4 heterocycles. The zero-order valence-corrected chi connectivity index (χ0v) is 46.5. The molecule has 2 fully saturated rings. The standard InChI is InChI=1S/C78H62N4/c1-49-29-35-57(36-30-49)79(71-45-55(51-17-9-10-18-51)33-39-59(71)53-21-5-3-6-22-53)69-43-41-61-65-47-74-66(48-73(65)81-67-27-15-13-25-63(67)75(69)77(61)81)62-42-44-70(76-64-26-14-16-28-68(64)82(74)78(62)76)80(58-37-31-50(2)32-38-58)72-46-56(52-19-11-12-20-52)34-40-60(72)54-23-7-4-8-24-54/h3-8,13-16,21-48,51-52H,9-12,17-20H2,1-2H3. The number of nitrogens with zero attached hydrogens (tertiary/aromatic N) is 4. The zero-order chi connectivity index (χ0) is 54.2. The van der Waals surface area contributed by atoms with E-state index in [-0.39, 0.29) is 0 Å². The second-order valence-electron chi connectivity index (χ2n) is 23.9. The Labute approximate surface area is 478 Å². The van der Waals surface area contributed by atoms with Gasteiger partial charge in [-0.15, -0.1) is 0 Å². The molecule has 394 valence electrons. The predicted molar refractivity (Wildman–Crippen MR) is 348 cm³/mol. The van der Waals surface area contributed by atoms with Gasteiger partial charge in [-0.05, 0) is 146 Å². The molecular formula is C78H62N4. The van der Waals surface area contributed by atoms with Gasteiger partial charge in [0.1, 0.15) is 0 Å². The smallest absolute Gasteiger partial charge is 0.0641 e. The Morgan fingerprint density at radius 3 is 1.12 bits per heavy atom. The second-order valence-corrected chi connectivity index (χ2v) is 23.9. The van der Waals surface area contributed by atoms with E-state index in [0.717, 1.165) is 11.4 Å². The van der Waals surface area contributed by atoms with E-state index in [1.807, 2.05) is 0 Å². The molecule has 0 N–H and O–H groups in total. The fourth-order valence-corrected chi connectivity index (χ4v) is 15.3. The van der Waals surface area contributed by atoms with Crippen molar-refractivity contribution in [1.82, 2.24) is 8.80 Å². The molecule has 0 aliphatic heterocycles. The lowest BCUT2D eigenvalue weighted by atomic mass is 9.92. The molecule has 4 heteroatoms. The number of aryl methyl sites for hydroxylation is 2. The van der Waals surface area contributed by atoms with Gasteiger partial charge < -0.3 is 18.6 Å². The average Bonchev–Trinajstić information content (AvgIpc) is 1.99. The van der Waals surface area contributed by atoms with Crippen LogP contribution in [0.5, 0.6) is 0 Å². The highest BCUT2D eigenvalue weighted by atomic mass is 15.2. The zero-order valence-electron chi connectivity index (χ0n) is 46.5. The lowest BCUT2D eigenvalue weighted by Gasteiger charge is -2.30. The summed E-state index contributed by atoms with van der Waals surface area (Å²) in [4.78, 5) is 5.17. The first-order valence-electron chi connectivity index (χ1n) is 30.0. The van der Waals surface area contributed by atoms with Gasteiger partial charge in [0.15, 0.2) is 0 Å². The molecule has 2 aliphatic carbocycles. The lowest BCUT2D eigenvalue weighted by Crippen LogP contribution is -2.12. The average molecular weight is 1060 g/mol. The van der Waals surface area contributed by atoms with Gasteiger partial charge in [0, 0.05) is 65.6 Å². The van der Waals surface area contributed by atoms with Gasteiger partial charge in [-0.3, -0.25) is 0 Å². The van der Waals surface area contributed by atoms with Crippen LogP contribution in [0.2, 0.25) is 0 Å². The molecule has 17 rings (SSSR count). The molecular weight excluding hydrogens is 993 g/mol. The minimum atomic E-state index is 0.569. The van der Waals surface area contributed by atoms with E-state index in [0.29, 0.717) is 11.8 Å². The molecule has 2 aliphatic rings. The highest BCUT2D eigenvalue weighted by Crippen LogP contribution is 2.54. The molecule has 4 aromatic heterocycles. The summed E-state index contributed by atoms with van der Waals surface area (Å²) in [5, 5.41) is 10.1. The number of fused-ring (bicyclic) bond motifs is 12. The third-order valence-corrected chi connectivity index (χ3v) is 19.2. The molecule has 0 radical (unpaired) electrons. The Bertz CT molecular complexity index is 4620. The number of aromatic nitrogens is 2. The van der Waals surface area contributed by atoms with Crippen molar-refractivity contribution in [3.63, 3.8) is 0 Å². The van der Waals surface area contributed by atoms with E-state index >= 15 is 0 Å². The summed E-state index contributed by atoms with van der Waals surface area (Å²) < 4.78 is 5.19. The molecule has 11 aromatic carbocycles. The van der Waals surface area contributed by atoms with Crippen LogP contribution in [0.4, 0.5) is 34.1 Å². The fourth-order valence-electron chi connectivity index (χ4n) is 15.3. The van der Waals surface area contributed by atoms with Gasteiger partial charge in [0.25, 0.3) is 0 Å². The summed E-state index contributed by atoms with van der Waals surface area (Å²) in [6, 6.07) is 88.2. The summed E-state index contributed by atoms with van der Waals surface area (Å²) >= 11 is 0. The van der Waals surface area contributed by atoms with Crippen LogP contribution in [0.25, 0.3) is 98.4 Å². The first-order valence-corrected chi connectivity index (χ1v) is 30.0. The van der Waals surface area contributed by atoms with E-state index in [9.17, 15) is 0 Å². The fraction of sp³-hybridized carbons (Fsp3) is 0.154. The molecule has 0 bridgehead atoms. The Morgan fingerprint density at radius 2 is 0.707 bits per heavy atom. The Kier molecular flexibility index (Phi) is 10.8. The third kappa shape index (κ3) is 7.16. The summed E-state index contributed by atoms with van der Waals surface area (Å²) in [5.41, 5.74) is 24.9.